The number of hydrogen-bond acceptors (Lipinski definition) is 3. The van der Waals surface area contributed by atoms with Crippen LogP contribution in [-0.4, -0.2) is 21.3 Å². The highest BCUT2D eigenvalue weighted by Gasteiger charge is 2.30. The molecule has 2 rings (SSSR count). The molecule has 0 aromatic heterocycles. The van der Waals surface area contributed by atoms with Crippen molar-refractivity contribution in [2.75, 3.05) is 21.3 Å². The highest BCUT2D eigenvalue weighted by molar-refractivity contribution is 5.42. The Hall–Kier alpha value is -1.22. The molecule has 1 aliphatic rings. The summed E-state index contributed by atoms with van der Waals surface area (Å²) in [5.41, 5.74) is 1.24. The zero-order valence-electron chi connectivity index (χ0n) is 12.4. The molecule has 106 valence electrons. The first kappa shape index (κ1) is 14.2. The first-order valence-electron chi connectivity index (χ1n) is 7.08. The first-order chi connectivity index (χ1) is 9.19. The van der Waals surface area contributed by atoms with E-state index in [1.54, 1.807) is 14.2 Å². The van der Waals surface area contributed by atoms with Crippen molar-refractivity contribution in [3.8, 4) is 11.5 Å². The van der Waals surface area contributed by atoms with E-state index in [9.17, 15) is 0 Å². The third kappa shape index (κ3) is 3.03. The lowest BCUT2D eigenvalue weighted by molar-refractivity contribution is 0.349. The molecule has 0 bridgehead atoms. The quantitative estimate of drug-likeness (QED) is 0.883. The Morgan fingerprint density at radius 3 is 2.53 bits per heavy atom. The zero-order chi connectivity index (χ0) is 13.8. The van der Waals surface area contributed by atoms with Crippen LogP contribution in [0.2, 0.25) is 0 Å². The average Bonchev–Trinajstić information content (AvgIpc) is 2.86. The Labute approximate surface area is 116 Å². The molecule has 3 atom stereocenters. The van der Waals surface area contributed by atoms with Gasteiger partial charge in [-0.2, -0.15) is 0 Å². The smallest absolute Gasteiger partial charge is 0.127 e. The molecular weight excluding hydrogens is 238 g/mol. The van der Waals surface area contributed by atoms with Crippen LogP contribution in [0.15, 0.2) is 18.2 Å². The summed E-state index contributed by atoms with van der Waals surface area (Å²) in [6, 6.07) is 6.48. The van der Waals surface area contributed by atoms with Gasteiger partial charge in [0.2, 0.25) is 0 Å². The SMILES string of the molecule is CNC(c1ccc(OC)cc1OC)C1CCC(C)C1. The highest BCUT2D eigenvalue weighted by Crippen LogP contribution is 2.41. The lowest BCUT2D eigenvalue weighted by atomic mass is 9.90. The Morgan fingerprint density at radius 2 is 2.00 bits per heavy atom. The van der Waals surface area contributed by atoms with E-state index in [0.29, 0.717) is 12.0 Å². The van der Waals surface area contributed by atoms with Gasteiger partial charge in [0.05, 0.1) is 14.2 Å². The zero-order valence-corrected chi connectivity index (χ0v) is 12.4. The molecule has 0 spiro atoms. The Morgan fingerprint density at radius 1 is 1.21 bits per heavy atom. The normalized spacial score (nSPS) is 24.2. The van der Waals surface area contributed by atoms with Gasteiger partial charge in [-0.15, -0.1) is 0 Å². The molecule has 1 aromatic rings. The average molecular weight is 263 g/mol. The van der Waals surface area contributed by atoms with Crippen molar-refractivity contribution in [2.24, 2.45) is 11.8 Å². The van der Waals surface area contributed by atoms with Gasteiger partial charge in [0.15, 0.2) is 0 Å². The summed E-state index contributed by atoms with van der Waals surface area (Å²) < 4.78 is 10.8. The molecule has 0 amide bonds. The van der Waals surface area contributed by atoms with Gasteiger partial charge in [0.1, 0.15) is 11.5 Å². The molecule has 0 radical (unpaired) electrons. The molecule has 3 heteroatoms. The van der Waals surface area contributed by atoms with Crippen LogP contribution in [0.5, 0.6) is 11.5 Å². The second kappa shape index (κ2) is 6.29. The molecule has 19 heavy (non-hydrogen) atoms. The van der Waals surface area contributed by atoms with E-state index in [2.05, 4.69) is 18.3 Å². The van der Waals surface area contributed by atoms with Gasteiger partial charge in [0.25, 0.3) is 0 Å². The second-order valence-electron chi connectivity index (χ2n) is 5.55. The van der Waals surface area contributed by atoms with Crippen molar-refractivity contribution in [3.05, 3.63) is 23.8 Å². The summed E-state index contributed by atoms with van der Waals surface area (Å²) in [7, 11) is 5.45. The van der Waals surface area contributed by atoms with Crippen molar-refractivity contribution in [2.45, 2.75) is 32.2 Å². The van der Waals surface area contributed by atoms with Gasteiger partial charge in [-0.3, -0.25) is 0 Å². The van der Waals surface area contributed by atoms with Crippen LogP contribution in [0.25, 0.3) is 0 Å². The largest absolute Gasteiger partial charge is 0.497 e. The van der Waals surface area contributed by atoms with Gasteiger partial charge in [-0.25, -0.2) is 0 Å². The number of benzene rings is 1. The van der Waals surface area contributed by atoms with E-state index < -0.39 is 0 Å². The van der Waals surface area contributed by atoms with Crippen molar-refractivity contribution in [1.29, 1.82) is 0 Å². The van der Waals surface area contributed by atoms with Gasteiger partial charge in [-0.05, 0) is 37.8 Å². The van der Waals surface area contributed by atoms with Gasteiger partial charge >= 0.3 is 0 Å². The third-order valence-corrected chi connectivity index (χ3v) is 4.29. The van der Waals surface area contributed by atoms with Crippen molar-refractivity contribution in [1.82, 2.24) is 5.32 Å². The van der Waals surface area contributed by atoms with Crippen LogP contribution in [-0.2, 0) is 0 Å². The van der Waals surface area contributed by atoms with E-state index in [1.165, 1.54) is 24.8 Å². The number of ether oxygens (including phenoxy) is 2. The molecule has 1 N–H and O–H groups in total. The molecule has 1 saturated carbocycles. The molecular formula is C16H25NO2. The fourth-order valence-electron chi connectivity index (χ4n) is 3.27. The van der Waals surface area contributed by atoms with Crippen LogP contribution in [0.3, 0.4) is 0 Å². The fourth-order valence-corrected chi connectivity index (χ4v) is 3.27. The highest BCUT2D eigenvalue weighted by atomic mass is 16.5. The summed E-state index contributed by atoms with van der Waals surface area (Å²) in [6.45, 7) is 2.35. The van der Waals surface area contributed by atoms with Crippen LogP contribution >= 0.6 is 0 Å². The summed E-state index contributed by atoms with van der Waals surface area (Å²) in [6.07, 6.45) is 3.92. The maximum Gasteiger partial charge on any atom is 0.127 e. The lowest BCUT2D eigenvalue weighted by Gasteiger charge is -2.25. The number of rotatable bonds is 5. The lowest BCUT2D eigenvalue weighted by Crippen LogP contribution is -2.24. The molecule has 3 nitrogen and oxygen atoms in total. The van der Waals surface area contributed by atoms with Crippen molar-refractivity contribution >= 4 is 0 Å². The van der Waals surface area contributed by atoms with Crippen molar-refractivity contribution < 1.29 is 9.47 Å². The summed E-state index contributed by atoms with van der Waals surface area (Å²) in [5.74, 6) is 3.29. The van der Waals surface area contributed by atoms with E-state index >= 15 is 0 Å². The standard InChI is InChI=1S/C16H25NO2/c1-11-5-6-12(9-11)16(17-2)14-8-7-13(18-3)10-15(14)19-4/h7-8,10-12,16-17H,5-6,9H2,1-4H3. The van der Waals surface area contributed by atoms with Gasteiger partial charge in [-0.1, -0.05) is 19.4 Å². The van der Waals surface area contributed by atoms with E-state index in [4.69, 9.17) is 9.47 Å². The molecule has 0 saturated heterocycles. The van der Waals surface area contributed by atoms with Crippen LogP contribution < -0.4 is 14.8 Å². The minimum atomic E-state index is 0.366. The molecule has 0 aliphatic heterocycles. The Kier molecular flexibility index (Phi) is 4.70. The molecule has 1 fully saturated rings. The van der Waals surface area contributed by atoms with E-state index in [1.807, 2.05) is 19.2 Å². The van der Waals surface area contributed by atoms with Gasteiger partial charge < -0.3 is 14.8 Å². The predicted molar refractivity (Wildman–Crippen MR) is 77.9 cm³/mol. The predicted octanol–water partition coefficient (Wildman–Crippen LogP) is 3.40. The summed E-state index contributed by atoms with van der Waals surface area (Å²) in [5, 5.41) is 3.47. The maximum absolute atomic E-state index is 5.54. The molecule has 3 unspecified atom stereocenters. The topological polar surface area (TPSA) is 30.5 Å². The Bertz CT molecular complexity index is 419. The number of nitrogens with one attached hydrogen (secondary N) is 1. The van der Waals surface area contributed by atoms with Gasteiger partial charge in [0, 0.05) is 17.7 Å². The van der Waals surface area contributed by atoms with Crippen LogP contribution in [0.4, 0.5) is 0 Å². The minimum Gasteiger partial charge on any atom is -0.497 e. The first-order valence-corrected chi connectivity index (χ1v) is 7.08. The molecule has 1 aliphatic carbocycles. The van der Waals surface area contributed by atoms with Crippen LogP contribution in [0.1, 0.15) is 37.8 Å². The minimum absolute atomic E-state index is 0.366. The summed E-state index contributed by atoms with van der Waals surface area (Å²) in [4.78, 5) is 0. The fraction of sp³-hybridized carbons (Fsp3) is 0.625. The third-order valence-electron chi connectivity index (χ3n) is 4.29. The Balaban J connectivity index is 2.27. The number of methoxy groups -OCH3 is 2. The summed E-state index contributed by atoms with van der Waals surface area (Å²) >= 11 is 0. The van der Waals surface area contributed by atoms with E-state index in [-0.39, 0.29) is 0 Å². The molecule has 0 heterocycles. The number of hydrogen-bond donors (Lipinski definition) is 1. The monoisotopic (exact) mass is 263 g/mol. The molecule has 1 aromatic carbocycles. The van der Waals surface area contributed by atoms with E-state index in [0.717, 1.165) is 17.4 Å². The second-order valence-corrected chi connectivity index (χ2v) is 5.55. The maximum atomic E-state index is 5.54. The van der Waals surface area contributed by atoms with Crippen molar-refractivity contribution in [3.63, 3.8) is 0 Å². The van der Waals surface area contributed by atoms with Crippen LogP contribution in [0, 0.1) is 11.8 Å².